The average Bonchev–Trinajstić information content (AvgIpc) is 2.80. The minimum Gasteiger partial charge on any atom is -0.506 e. The summed E-state index contributed by atoms with van der Waals surface area (Å²) in [5.74, 6) is 0.788. The van der Waals surface area contributed by atoms with Crippen molar-refractivity contribution in [3.8, 4) is 5.75 Å². The number of rotatable bonds is 4. The first-order valence-electron chi connectivity index (χ1n) is 5.54. The minimum absolute atomic E-state index is 0.0449. The zero-order valence-electron chi connectivity index (χ0n) is 9.82. The molecule has 1 aromatic carbocycles. The van der Waals surface area contributed by atoms with Crippen LogP contribution in [0.5, 0.6) is 5.75 Å². The molecule has 2 aromatic rings. The number of hydrogen-bond acceptors (Lipinski definition) is 3. The molecule has 0 aliphatic rings. The van der Waals surface area contributed by atoms with Crippen molar-refractivity contribution in [1.29, 1.82) is 0 Å². The van der Waals surface area contributed by atoms with E-state index in [-0.39, 0.29) is 10.8 Å². The van der Waals surface area contributed by atoms with Crippen LogP contribution in [0.25, 0.3) is 0 Å². The summed E-state index contributed by atoms with van der Waals surface area (Å²) in [6.07, 6.45) is 1.88. The summed E-state index contributed by atoms with van der Waals surface area (Å²) in [4.78, 5) is 0. The molecule has 2 rings (SSSR count). The lowest BCUT2D eigenvalue weighted by atomic mass is 10.2. The predicted molar refractivity (Wildman–Crippen MR) is 73.4 cm³/mol. The molecule has 96 valence electrons. The Labute approximate surface area is 115 Å². The van der Waals surface area contributed by atoms with Crippen LogP contribution in [-0.4, -0.2) is 14.9 Å². The maximum atomic E-state index is 9.80. The highest BCUT2D eigenvalue weighted by Crippen LogP contribution is 2.31. The summed E-state index contributed by atoms with van der Waals surface area (Å²) in [7, 11) is 0. The van der Waals surface area contributed by atoms with Crippen molar-refractivity contribution in [3.05, 3.63) is 40.0 Å². The SMILES string of the molecule is CCn1ccc(NCc2cc(Cl)cc(Cl)c2O)n1. The number of aryl methyl sites for hydroxylation is 1. The van der Waals surface area contributed by atoms with E-state index < -0.39 is 0 Å². The van der Waals surface area contributed by atoms with E-state index in [9.17, 15) is 5.11 Å². The highest BCUT2D eigenvalue weighted by molar-refractivity contribution is 6.35. The van der Waals surface area contributed by atoms with Gasteiger partial charge in [0.2, 0.25) is 0 Å². The van der Waals surface area contributed by atoms with E-state index in [1.165, 1.54) is 6.07 Å². The van der Waals surface area contributed by atoms with Gasteiger partial charge in [-0.25, -0.2) is 0 Å². The first kappa shape index (κ1) is 13.1. The van der Waals surface area contributed by atoms with Gasteiger partial charge in [-0.2, -0.15) is 5.10 Å². The van der Waals surface area contributed by atoms with E-state index in [0.29, 0.717) is 17.1 Å². The number of aromatic nitrogens is 2. The molecule has 0 atom stereocenters. The fourth-order valence-electron chi connectivity index (χ4n) is 1.57. The molecule has 0 bridgehead atoms. The number of nitrogens with one attached hydrogen (secondary N) is 1. The molecule has 18 heavy (non-hydrogen) atoms. The van der Waals surface area contributed by atoms with Gasteiger partial charge in [-0.05, 0) is 19.1 Å². The number of phenols is 1. The Balaban J connectivity index is 2.10. The topological polar surface area (TPSA) is 50.1 Å². The van der Waals surface area contributed by atoms with Gasteiger partial charge in [-0.1, -0.05) is 23.2 Å². The van der Waals surface area contributed by atoms with Gasteiger partial charge in [0.15, 0.2) is 0 Å². The number of hydrogen-bond donors (Lipinski definition) is 2. The van der Waals surface area contributed by atoms with Gasteiger partial charge in [0, 0.05) is 35.9 Å². The van der Waals surface area contributed by atoms with Crippen LogP contribution in [0.4, 0.5) is 5.82 Å². The average molecular weight is 286 g/mol. The van der Waals surface area contributed by atoms with Crippen LogP contribution in [0.15, 0.2) is 24.4 Å². The maximum absolute atomic E-state index is 9.80. The van der Waals surface area contributed by atoms with Gasteiger partial charge in [-0.15, -0.1) is 0 Å². The highest BCUT2D eigenvalue weighted by Gasteiger charge is 2.08. The zero-order valence-corrected chi connectivity index (χ0v) is 11.3. The summed E-state index contributed by atoms with van der Waals surface area (Å²) in [5.41, 5.74) is 0.638. The predicted octanol–water partition coefficient (Wildman–Crippen LogP) is 3.53. The number of halogens is 2. The summed E-state index contributed by atoms with van der Waals surface area (Å²) in [5, 5.41) is 17.9. The molecule has 0 spiro atoms. The first-order chi connectivity index (χ1) is 8.60. The Morgan fingerprint density at radius 3 is 2.83 bits per heavy atom. The van der Waals surface area contributed by atoms with Crippen molar-refractivity contribution < 1.29 is 5.11 Å². The summed E-state index contributed by atoms with van der Waals surface area (Å²) in [6, 6.07) is 5.05. The smallest absolute Gasteiger partial charge is 0.148 e. The Kier molecular flexibility index (Phi) is 3.99. The van der Waals surface area contributed by atoms with Gasteiger partial charge in [0.1, 0.15) is 11.6 Å². The van der Waals surface area contributed by atoms with E-state index in [2.05, 4.69) is 10.4 Å². The molecule has 0 radical (unpaired) electrons. The quantitative estimate of drug-likeness (QED) is 0.904. The summed E-state index contributed by atoms with van der Waals surface area (Å²) >= 11 is 11.7. The molecule has 0 amide bonds. The number of aromatic hydroxyl groups is 1. The molecule has 0 fully saturated rings. The van der Waals surface area contributed by atoms with Gasteiger partial charge < -0.3 is 10.4 Å². The molecule has 4 nitrogen and oxygen atoms in total. The molecule has 0 unspecified atom stereocenters. The molecule has 1 aromatic heterocycles. The van der Waals surface area contributed by atoms with Crippen molar-refractivity contribution in [3.63, 3.8) is 0 Å². The molecular weight excluding hydrogens is 273 g/mol. The monoisotopic (exact) mass is 285 g/mol. The van der Waals surface area contributed by atoms with Crippen LogP contribution < -0.4 is 5.32 Å². The van der Waals surface area contributed by atoms with Crippen LogP contribution in [0.1, 0.15) is 12.5 Å². The standard InChI is InChI=1S/C12H13Cl2N3O/c1-2-17-4-3-11(16-17)15-7-8-5-9(13)6-10(14)12(8)18/h3-6,18H,2,7H2,1H3,(H,15,16). The fraction of sp³-hybridized carbons (Fsp3) is 0.250. The van der Waals surface area contributed by atoms with Crippen LogP contribution >= 0.6 is 23.2 Å². The van der Waals surface area contributed by atoms with Crippen molar-refractivity contribution in [2.75, 3.05) is 5.32 Å². The Bertz CT molecular complexity index is 554. The van der Waals surface area contributed by atoms with Crippen molar-refractivity contribution in [2.24, 2.45) is 0 Å². The van der Waals surface area contributed by atoms with Gasteiger partial charge in [0.25, 0.3) is 0 Å². The maximum Gasteiger partial charge on any atom is 0.148 e. The molecule has 0 aliphatic carbocycles. The van der Waals surface area contributed by atoms with Crippen LogP contribution in [0.3, 0.4) is 0 Å². The summed E-state index contributed by atoms with van der Waals surface area (Å²) in [6.45, 7) is 3.24. The number of anilines is 1. The minimum atomic E-state index is 0.0449. The van der Waals surface area contributed by atoms with E-state index in [0.717, 1.165) is 12.4 Å². The van der Waals surface area contributed by atoms with Crippen molar-refractivity contribution in [1.82, 2.24) is 9.78 Å². The second kappa shape index (κ2) is 5.50. The van der Waals surface area contributed by atoms with Crippen molar-refractivity contribution >= 4 is 29.0 Å². The lowest BCUT2D eigenvalue weighted by molar-refractivity contribution is 0.469. The molecule has 0 aliphatic heterocycles. The Morgan fingerprint density at radius 2 is 2.17 bits per heavy atom. The fourth-order valence-corrected chi connectivity index (χ4v) is 2.11. The lowest BCUT2D eigenvalue weighted by Crippen LogP contribution is -2.02. The van der Waals surface area contributed by atoms with Gasteiger partial charge >= 0.3 is 0 Å². The molecule has 0 saturated heterocycles. The van der Waals surface area contributed by atoms with Gasteiger partial charge in [-0.3, -0.25) is 4.68 Å². The molecule has 6 heteroatoms. The van der Waals surface area contributed by atoms with Crippen LogP contribution in [0, 0.1) is 0 Å². The second-order valence-electron chi connectivity index (χ2n) is 3.81. The zero-order chi connectivity index (χ0) is 13.1. The number of phenolic OH excluding ortho intramolecular Hbond substituents is 1. The number of nitrogens with zero attached hydrogens (tertiary/aromatic N) is 2. The molecule has 0 saturated carbocycles. The third-order valence-corrected chi connectivity index (χ3v) is 3.04. The van der Waals surface area contributed by atoms with E-state index >= 15 is 0 Å². The number of benzene rings is 1. The molecular formula is C12H13Cl2N3O. The Morgan fingerprint density at radius 1 is 1.39 bits per heavy atom. The van der Waals surface area contributed by atoms with Crippen molar-refractivity contribution in [2.45, 2.75) is 20.0 Å². The third kappa shape index (κ3) is 2.89. The second-order valence-corrected chi connectivity index (χ2v) is 4.65. The van der Waals surface area contributed by atoms with Crippen LogP contribution in [0.2, 0.25) is 10.0 Å². The van der Waals surface area contributed by atoms with Crippen LogP contribution in [-0.2, 0) is 13.1 Å². The normalized spacial score (nSPS) is 10.6. The first-order valence-corrected chi connectivity index (χ1v) is 6.30. The largest absolute Gasteiger partial charge is 0.506 e. The van der Waals surface area contributed by atoms with E-state index in [4.69, 9.17) is 23.2 Å². The lowest BCUT2D eigenvalue weighted by Gasteiger charge is -2.08. The Hall–Kier alpha value is -1.39. The third-order valence-electron chi connectivity index (χ3n) is 2.53. The van der Waals surface area contributed by atoms with Gasteiger partial charge in [0.05, 0.1) is 5.02 Å². The molecule has 1 heterocycles. The van der Waals surface area contributed by atoms with E-state index in [1.807, 2.05) is 23.9 Å². The molecule has 2 N–H and O–H groups in total. The highest BCUT2D eigenvalue weighted by atomic mass is 35.5. The summed E-state index contributed by atoms with van der Waals surface area (Å²) < 4.78 is 1.81. The van der Waals surface area contributed by atoms with E-state index in [1.54, 1.807) is 6.07 Å².